The van der Waals surface area contributed by atoms with Crippen LogP contribution < -0.4 is 10.1 Å². The van der Waals surface area contributed by atoms with Gasteiger partial charge in [-0.25, -0.2) is 4.79 Å². The van der Waals surface area contributed by atoms with Gasteiger partial charge in [0, 0.05) is 7.05 Å². The molecule has 2 aliphatic rings. The summed E-state index contributed by atoms with van der Waals surface area (Å²) in [6, 6.07) is 7.22. The maximum absolute atomic E-state index is 12.7. The largest absolute Gasteiger partial charge is 0.491 e. The molecule has 4 amide bonds. The van der Waals surface area contributed by atoms with Crippen LogP contribution in [0.3, 0.4) is 0 Å². The quantitative estimate of drug-likeness (QED) is 0.775. The molecule has 146 valence electrons. The fourth-order valence-corrected chi connectivity index (χ4v) is 3.71. The lowest BCUT2D eigenvalue weighted by atomic mass is 9.82. The fraction of sp³-hybridized carbons (Fsp3) is 0.550. The molecule has 1 spiro atoms. The highest BCUT2D eigenvalue weighted by atomic mass is 16.5. The molecule has 1 saturated heterocycles. The number of hydrogen-bond donors (Lipinski definition) is 1. The number of aryl methyl sites for hydroxylation is 1. The number of benzene rings is 1. The fourth-order valence-electron chi connectivity index (χ4n) is 3.71. The molecular formula is C20H27N3O4. The second-order valence-corrected chi connectivity index (χ2v) is 7.39. The number of imide groups is 1. The van der Waals surface area contributed by atoms with Crippen LogP contribution in [0.25, 0.3) is 0 Å². The molecule has 3 rings (SSSR count). The van der Waals surface area contributed by atoms with E-state index in [0.29, 0.717) is 26.0 Å². The molecule has 1 aliphatic heterocycles. The molecule has 1 heterocycles. The Morgan fingerprint density at radius 1 is 1.22 bits per heavy atom. The number of hydrogen-bond acceptors (Lipinski definition) is 4. The van der Waals surface area contributed by atoms with Crippen LogP contribution in [0, 0.1) is 6.92 Å². The van der Waals surface area contributed by atoms with Gasteiger partial charge in [0.05, 0.1) is 6.54 Å². The smallest absolute Gasteiger partial charge is 0.325 e. The van der Waals surface area contributed by atoms with E-state index in [9.17, 15) is 14.4 Å². The van der Waals surface area contributed by atoms with Gasteiger partial charge in [0.25, 0.3) is 5.91 Å². The van der Waals surface area contributed by atoms with E-state index in [1.165, 1.54) is 4.90 Å². The molecule has 0 atom stereocenters. The van der Waals surface area contributed by atoms with E-state index in [2.05, 4.69) is 5.32 Å². The minimum Gasteiger partial charge on any atom is -0.491 e. The topological polar surface area (TPSA) is 79.0 Å². The first-order valence-electron chi connectivity index (χ1n) is 9.49. The third kappa shape index (κ3) is 4.07. The number of rotatable bonds is 6. The zero-order chi connectivity index (χ0) is 19.4. The van der Waals surface area contributed by atoms with Gasteiger partial charge in [-0.05, 0) is 31.4 Å². The van der Waals surface area contributed by atoms with Crippen molar-refractivity contribution in [3.63, 3.8) is 0 Å². The molecule has 2 fully saturated rings. The van der Waals surface area contributed by atoms with Gasteiger partial charge in [0.15, 0.2) is 0 Å². The van der Waals surface area contributed by atoms with Gasteiger partial charge in [-0.1, -0.05) is 37.5 Å². The van der Waals surface area contributed by atoms with Crippen molar-refractivity contribution in [3.05, 3.63) is 29.8 Å². The van der Waals surface area contributed by atoms with Crippen molar-refractivity contribution in [2.45, 2.75) is 44.6 Å². The normalized spacial score (nSPS) is 18.5. The summed E-state index contributed by atoms with van der Waals surface area (Å²) in [5.41, 5.74) is 0.242. The molecular weight excluding hydrogens is 346 g/mol. The number of amides is 4. The molecule has 1 aromatic carbocycles. The van der Waals surface area contributed by atoms with Crippen molar-refractivity contribution in [1.82, 2.24) is 15.1 Å². The standard InChI is InChI=1S/C20H27N3O4/c1-15-8-4-5-9-16(15)27-13-12-22(2)17(24)14-23-18(25)20(21-19(23)26)10-6-3-7-11-20/h4-5,8-9H,3,6-7,10-14H2,1-2H3,(H,21,26). The summed E-state index contributed by atoms with van der Waals surface area (Å²) in [6.45, 7) is 2.45. The van der Waals surface area contributed by atoms with Crippen LogP contribution in [-0.4, -0.2) is 59.9 Å². The van der Waals surface area contributed by atoms with Crippen molar-refractivity contribution in [1.29, 1.82) is 0 Å². The van der Waals surface area contributed by atoms with Crippen LogP contribution in [0.2, 0.25) is 0 Å². The van der Waals surface area contributed by atoms with Gasteiger partial charge in [-0.2, -0.15) is 0 Å². The summed E-state index contributed by atoms with van der Waals surface area (Å²) < 4.78 is 5.71. The number of nitrogens with one attached hydrogen (secondary N) is 1. The van der Waals surface area contributed by atoms with Gasteiger partial charge < -0.3 is 15.0 Å². The van der Waals surface area contributed by atoms with E-state index in [-0.39, 0.29) is 18.4 Å². The van der Waals surface area contributed by atoms with Crippen LogP contribution >= 0.6 is 0 Å². The first-order valence-corrected chi connectivity index (χ1v) is 9.49. The average Bonchev–Trinajstić information content (AvgIpc) is 2.87. The summed E-state index contributed by atoms with van der Waals surface area (Å²) in [7, 11) is 1.65. The third-order valence-corrected chi connectivity index (χ3v) is 5.45. The van der Waals surface area contributed by atoms with Gasteiger partial charge >= 0.3 is 6.03 Å². The molecule has 0 radical (unpaired) electrons. The van der Waals surface area contributed by atoms with Gasteiger partial charge in [-0.3, -0.25) is 14.5 Å². The Balaban J connectivity index is 1.51. The Morgan fingerprint density at radius 3 is 2.63 bits per heavy atom. The summed E-state index contributed by atoms with van der Waals surface area (Å²) >= 11 is 0. The number of carbonyl (C=O) groups excluding carboxylic acids is 3. The van der Waals surface area contributed by atoms with E-state index in [4.69, 9.17) is 4.74 Å². The lowest BCUT2D eigenvalue weighted by molar-refractivity contribution is -0.139. The number of ether oxygens (including phenoxy) is 1. The Bertz CT molecular complexity index is 728. The Morgan fingerprint density at radius 2 is 1.93 bits per heavy atom. The van der Waals surface area contributed by atoms with Gasteiger partial charge in [0.1, 0.15) is 24.4 Å². The second kappa shape index (κ2) is 7.98. The van der Waals surface area contributed by atoms with Crippen LogP contribution in [0.4, 0.5) is 4.79 Å². The van der Waals surface area contributed by atoms with Crippen LogP contribution in [0.1, 0.15) is 37.7 Å². The zero-order valence-corrected chi connectivity index (χ0v) is 16.0. The van der Waals surface area contributed by atoms with Crippen LogP contribution in [0.15, 0.2) is 24.3 Å². The molecule has 1 saturated carbocycles. The first kappa shape index (κ1) is 19.2. The highest BCUT2D eigenvalue weighted by Gasteiger charge is 2.51. The molecule has 0 bridgehead atoms. The highest BCUT2D eigenvalue weighted by molar-refractivity contribution is 6.09. The average molecular weight is 373 g/mol. The Labute approximate surface area is 159 Å². The molecule has 7 heteroatoms. The number of carbonyl (C=O) groups is 3. The number of likely N-dealkylation sites (N-methyl/N-ethyl adjacent to an activating group) is 1. The van der Waals surface area contributed by atoms with E-state index < -0.39 is 11.6 Å². The predicted molar refractivity (Wildman–Crippen MR) is 100 cm³/mol. The SMILES string of the molecule is Cc1ccccc1OCCN(C)C(=O)CN1C(=O)NC2(CCCCC2)C1=O. The van der Waals surface area contributed by atoms with Gasteiger partial charge in [-0.15, -0.1) is 0 Å². The molecule has 0 unspecified atom stereocenters. The van der Waals surface area contributed by atoms with E-state index in [1.807, 2.05) is 31.2 Å². The first-order chi connectivity index (χ1) is 12.9. The zero-order valence-electron chi connectivity index (χ0n) is 16.0. The van der Waals surface area contributed by atoms with Crippen molar-refractivity contribution < 1.29 is 19.1 Å². The van der Waals surface area contributed by atoms with Gasteiger partial charge in [0.2, 0.25) is 5.91 Å². The van der Waals surface area contributed by atoms with Crippen molar-refractivity contribution >= 4 is 17.8 Å². The molecule has 1 N–H and O–H groups in total. The van der Waals surface area contributed by atoms with Crippen molar-refractivity contribution in [2.24, 2.45) is 0 Å². The monoisotopic (exact) mass is 373 g/mol. The van der Waals surface area contributed by atoms with E-state index in [0.717, 1.165) is 35.5 Å². The van der Waals surface area contributed by atoms with Crippen molar-refractivity contribution in [3.8, 4) is 5.75 Å². The molecule has 0 aromatic heterocycles. The Kier molecular flexibility index (Phi) is 5.68. The van der Waals surface area contributed by atoms with E-state index in [1.54, 1.807) is 7.05 Å². The summed E-state index contributed by atoms with van der Waals surface area (Å²) in [4.78, 5) is 40.0. The van der Waals surface area contributed by atoms with Crippen molar-refractivity contribution in [2.75, 3.05) is 26.7 Å². The summed E-state index contributed by atoms with van der Waals surface area (Å²) in [5.74, 6) is 0.247. The number of urea groups is 1. The molecule has 27 heavy (non-hydrogen) atoms. The molecule has 7 nitrogen and oxygen atoms in total. The van der Waals surface area contributed by atoms with Crippen LogP contribution in [0.5, 0.6) is 5.75 Å². The number of para-hydroxylation sites is 1. The highest BCUT2D eigenvalue weighted by Crippen LogP contribution is 2.33. The number of nitrogens with zero attached hydrogens (tertiary/aromatic N) is 2. The Hall–Kier alpha value is -2.57. The lowest BCUT2D eigenvalue weighted by Gasteiger charge is -2.30. The summed E-state index contributed by atoms with van der Waals surface area (Å²) in [6.07, 6.45) is 4.23. The molecule has 1 aliphatic carbocycles. The minimum atomic E-state index is -0.790. The molecule has 1 aromatic rings. The second-order valence-electron chi connectivity index (χ2n) is 7.39. The maximum Gasteiger partial charge on any atom is 0.325 e. The third-order valence-electron chi connectivity index (χ3n) is 5.45. The predicted octanol–water partition coefficient (Wildman–Crippen LogP) is 2.09. The maximum atomic E-state index is 12.7. The van der Waals surface area contributed by atoms with Crippen LogP contribution in [-0.2, 0) is 9.59 Å². The minimum absolute atomic E-state index is 0.229. The summed E-state index contributed by atoms with van der Waals surface area (Å²) in [5, 5.41) is 2.83. The van der Waals surface area contributed by atoms with E-state index >= 15 is 0 Å². The lowest BCUT2D eigenvalue weighted by Crippen LogP contribution is -2.49.